The molecule has 23 heavy (non-hydrogen) atoms. The maximum Gasteiger partial charge on any atom is 0.328 e. The van der Waals surface area contributed by atoms with E-state index in [4.69, 9.17) is 5.11 Å². The van der Waals surface area contributed by atoms with Crippen LogP contribution < -0.4 is 10.6 Å². The molecular formula is C15H16N4O4. The van der Waals surface area contributed by atoms with E-state index in [9.17, 15) is 14.4 Å². The second kappa shape index (κ2) is 6.73. The van der Waals surface area contributed by atoms with E-state index in [1.165, 1.54) is 26.1 Å². The summed E-state index contributed by atoms with van der Waals surface area (Å²) in [4.78, 5) is 34.2. The molecular weight excluding hydrogens is 300 g/mol. The zero-order chi connectivity index (χ0) is 17.0. The van der Waals surface area contributed by atoms with Crippen LogP contribution in [0.4, 0.5) is 11.4 Å². The number of nitrogens with one attached hydrogen (secondary N) is 2. The average Bonchev–Trinajstić information content (AvgIpc) is 2.97. The summed E-state index contributed by atoms with van der Waals surface area (Å²) in [5, 5.41) is 18.2. The van der Waals surface area contributed by atoms with Crippen molar-refractivity contribution in [1.29, 1.82) is 0 Å². The number of amides is 2. The summed E-state index contributed by atoms with van der Waals surface area (Å²) in [6.07, 6.45) is 1.37. The molecule has 0 saturated carbocycles. The second-order valence-corrected chi connectivity index (χ2v) is 4.89. The van der Waals surface area contributed by atoms with Gasteiger partial charge in [0.1, 0.15) is 11.7 Å². The number of benzene rings is 1. The molecule has 0 radical (unpaired) electrons. The van der Waals surface area contributed by atoms with Gasteiger partial charge in [0, 0.05) is 24.5 Å². The average molecular weight is 316 g/mol. The van der Waals surface area contributed by atoms with Gasteiger partial charge in [0.05, 0.1) is 0 Å². The number of carbonyl (C=O) groups excluding carboxylic acids is 2. The molecule has 1 unspecified atom stereocenters. The van der Waals surface area contributed by atoms with E-state index in [0.29, 0.717) is 11.4 Å². The van der Waals surface area contributed by atoms with Crippen molar-refractivity contribution >= 4 is 29.2 Å². The first-order chi connectivity index (χ1) is 10.9. The normalized spacial score (nSPS) is 11.6. The van der Waals surface area contributed by atoms with Crippen LogP contribution in [0, 0.1) is 0 Å². The highest BCUT2D eigenvalue weighted by Crippen LogP contribution is 2.16. The van der Waals surface area contributed by atoms with Crippen molar-refractivity contribution < 1.29 is 19.5 Å². The Bertz CT molecular complexity index is 736. The standard InChI is InChI=1S/C15H16N4O4/c1-9(15(22)23)19-13(7-8-16-19)14(21)18-12-5-3-11(4-6-12)17-10(2)20/h3-9H,1-2H3,(H,17,20)(H,18,21)(H,22,23). The van der Waals surface area contributed by atoms with E-state index < -0.39 is 17.9 Å². The fourth-order valence-corrected chi connectivity index (χ4v) is 1.94. The predicted octanol–water partition coefficient (Wildman–Crippen LogP) is 1.74. The summed E-state index contributed by atoms with van der Waals surface area (Å²) >= 11 is 0. The number of anilines is 2. The number of aliphatic carboxylic acids is 1. The van der Waals surface area contributed by atoms with Crippen LogP contribution in [0.1, 0.15) is 30.4 Å². The Kier molecular flexibility index (Phi) is 4.75. The van der Waals surface area contributed by atoms with Gasteiger partial charge in [-0.2, -0.15) is 5.10 Å². The molecule has 0 aliphatic rings. The van der Waals surface area contributed by atoms with E-state index in [-0.39, 0.29) is 11.6 Å². The number of carboxylic acid groups (broad SMARTS) is 1. The monoisotopic (exact) mass is 316 g/mol. The lowest BCUT2D eigenvalue weighted by Gasteiger charge is -2.12. The fraction of sp³-hybridized carbons (Fsp3) is 0.200. The van der Waals surface area contributed by atoms with Gasteiger partial charge < -0.3 is 15.7 Å². The number of hydrogen-bond acceptors (Lipinski definition) is 4. The highest BCUT2D eigenvalue weighted by molar-refractivity contribution is 6.03. The maximum absolute atomic E-state index is 12.3. The third-order valence-electron chi connectivity index (χ3n) is 3.09. The van der Waals surface area contributed by atoms with Gasteiger partial charge in [0.15, 0.2) is 0 Å². The van der Waals surface area contributed by atoms with Crippen molar-refractivity contribution in [3.05, 3.63) is 42.2 Å². The number of carboxylic acids is 1. The van der Waals surface area contributed by atoms with E-state index in [0.717, 1.165) is 4.68 Å². The molecule has 1 aromatic heterocycles. The second-order valence-electron chi connectivity index (χ2n) is 4.89. The van der Waals surface area contributed by atoms with E-state index in [2.05, 4.69) is 15.7 Å². The lowest BCUT2D eigenvalue weighted by Crippen LogP contribution is -2.24. The van der Waals surface area contributed by atoms with E-state index in [1.54, 1.807) is 24.3 Å². The van der Waals surface area contributed by atoms with Gasteiger partial charge in [0.2, 0.25) is 5.91 Å². The summed E-state index contributed by atoms with van der Waals surface area (Å²) in [5.41, 5.74) is 1.27. The first-order valence-electron chi connectivity index (χ1n) is 6.84. The molecule has 0 fully saturated rings. The van der Waals surface area contributed by atoms with Crippen LogP contribution in [-0.2, 0) is 9.59 Å². The summed E-state index contributed by atoms with van der Waals surface area (Å²) in [5.74, 6) is -1.74. The number of hydrogen-bond donors (Lipinski definition) is 3. The Balaban J connectivity index is 2.12. The van der Waals surface area contributed by atoms with Crippen LogP contribution in [-0.4, -0.2) is 32.7 Å². The van der Waals surface area contributed by atoms with Crippen molar-refractivity contribution in [2.45, 2.75) is 19.9 Å². The molecule has 0 bridgehead atoms. The summed E-state index contributed by atoms with van der Waals surface area (Å²) in [7, 11) is 0. The third kappa shape index (κ3) is 3.94. The Labute approximate surface area is 132 Å². The maximum atomic E-state index is 12.3. The highest BCUT2D eigenvalue weighted by Gasteiger charge is 2.21. The fourth-order valence-electron chi connectivity index (χ4n) is 1.94. The van der Waals surface area contributed by atoms with Crippen molar-refractivity contribution in [2.24, 2.45) is 0 Å². The zero-order valence-electron chi connectivity index (χ0n) is 12.6. The van der Waals surface area contributed by atoms with E-state index in [1.807, 2.05) is 0 Å². The van der Waals surface area contributed by atoms with Gasteiger partial charge in [-0.25, -0.2) is 9.48 Å². The van der Waals surface area contributed by atoms with Gasteiger partial charge in [0.25, 0.3) is 5.91 Å². The number of aromatic nitrogens is 2. The zero-order valence-corrected chi connectivity index (χ0v) is 12.6. The molecule has 0 saturated heterocycles. The first-order valence-corrected chi connectivity index (χ1v) is 6.84. The van der Waals surface area contributed by atoms with Crippen LogP contribution in [0.25, 0.3) is 0 Å². The van der Waals surface area contributed by atoms with Crippen LogP contribution in [0.5, 0.6) is 0 Å². The van der Waals surface area contributed by atoms with Crippen LogP contribution in [0.3, 0.4) is 0 Å². The van der Waals surface area contributed by atoms with Crippen molar-refractivity contribution in [3.8, 4) is 0 Å². The molecule has 120 valence electrons. The molecule has 0 spiro atoms. The van der Waals surface area contributed by atoms with Gasteiger partial charge >= 0.3 is 5.97 Å². The Morgan fingerprint density at radius 3 is 2.17 bits per heavy atom. The largest absolute Gasteiger partial charge is 0.480 e. The molecule has 1 atom stereocenters. The Morgan fingerprint density at radius 2 is 1.65 bits per heavy atom. The number of rotatable bonds is 5. The first kappa shape index (κ1) is 16.2. The molecule has 2 aromatic rings. The Morgan fingerprint density at radius 1 is 1.09 bits per heavy atom. The Hall–Kier alpha value is -3.16. The summed E-state index contributed by atoms with van der Waals surface area (Å²) in [6.45, 7) is 2.84. The lowest BCUT2D eigenvalue weighted by atomic mass is 10.2. The van der Waals surface area contributed by atoms with Crippen molar-refractivity contribution in [1.82, 2.24) is 9.78 Å². The smallest absolute Gasteiger partial charge is 0.328 e. The quantitative estimate of drug-likeness (QED) is 0.777. The minimum absolute atomic E-state index is 0.144. The third-order valence-corrected chi connectivity index (χ3v) is 3.09. The predicted molar refractivity (Wildman–Crippen MR) is 83.3 cm³/mol. The molecule has 2 rings (SSSR count). The van der Waals surface area contributed by atoms with Crippen LogP contribution >= 0.6 is 0 Å². The molecule has 0 aliphatic carbocycles. The van der Waals surface area contributed by atoms with Gasteiger partial charge in [-0.05, 0) is 37.3 Å². The summed E-state index contributed by atoms with van der Waals surface area (Å²) < 4.78 is 1.14. The van der Waals surface area contributed by atoms with Gasteiger partial charge in [-0.3, -0.25) is 9.59 Å². The molecule has 8 nitrogen and oxygen atoms in total. The topological polar surface area (TPSA) is 113 Å². The SMILES string of the molecule is CC(=O)Nc1ccc(NC(=O)c2ccnn2C(C)C(=O)O)cc1. The summed E-state index contributed by atoms with van der Waals surface area (Å²) in [6, 6.07) is 7.05. The van der Waals surface area contributed by atoms with Gasteiger partial charge in [-0.1, -0.05) is 0 Å². The lowest BCUT2D eigenvalue weighted by molar-refractivity contribution is -0.140. The molecule has 3 N–H and O–H groups in total. The van der Waals surface area contributed by atoms with Crippen LogP contribution in [0.2, 0.25) is 0 Å². The van der Waals surface area contributed by atoms with Gasteiger partial charge in [-0.15, -0.1) is 0 Å². The van der Waals surface area contributed by atoms with Crippen molar-refractivity contribution in [2.75, 3.05) is 10.6 Å². The highest BCUT2D eigenvalue weighted by atomic mass is 16.4. The number of carbonyl (C=O) groups is 3. The van der Waals surface area contributed by atoms with Crippen LogP contribution in [0.15, 0.2) is 36.5 Å². The molecule has 0 aliphatic heterocycles. The minimum Gasteiger partial charge on any atom is -0.480 e. The number of nitrogens with zero attached hydrogens (tertiary/aromatic N) is 2. The van der Waals surface area contributed by atoms with E-state index >= 15 is 0 Å². The molecule has 2 amide bonds. The molecule has 1 aromatic carbocycles. The minimum atomic E-state index is -1.08. The molecule has 8 heteroatoms. The molecule has 1 heterocycles. The van der Waals surface area contributed by atoms with Crippen molar-refractivity contribution in [3.63, 3.8) is 0 Å².